The third-order valence-electron chi connectivity index (χ3n) is 3.76. The van der Waals surface area contributed by atoms with Gasteiger partial charge in [0.2, 0.25) is 0 Å². The van der Waals surface area contributed by atoms with E-state index in [9.17, 15) is 9.90 Å². The number of esters is 1. The van der Waals surface area contributed by atoms with Gasteiger partial charge in [0.05, 0.1) is 18.2 Å². The van der Waals surface area contributed by atoms with Crippen molar-refractivity contribution in [2.24, 2.45) is 0 Å². The number of β-amino-alcohol motifs (C(OH)–C–C–N with tert-alkyl or cyclic N) is 1. The molecule has 23 heavy (non-hydrogen) atoms. The molecule has 1 aromatic heterocycles. The molecule has 0 amide bonds. The van der Waals surface area contributed by atoms with E-state index in [-0.39, 0.29) is 25.1 Å². The lowest BCUT2D eigenvalue weighted by Gasteiger charge is -2.15. The molecule has 6 heteroatoms. The van der Waals surface area contributed by atoms with E-state index in [0.29, 0.717) is 12.2 Å². The lowest BCUT2D eigenvalue weighted by Crippen LogP contribution is -2.22. The predicted molar refractivity (Wildman–Crippen MR) is 84.8 cm³/mol. The van der Waals surface area contributed by atoms with Crippen LogP contribution in [0.1, 0.15) is 17.7 Å². The lowest BCUT2D eigenvalue weighted by atomic mass is 10.2. The van der Waals surface area contributed by atoms with E-state index in [1.807, 2.05) is 41.3 Å². The summed E-state index contributed by atoms with van der Waals surface area (Å²) in [4.78, 5) is 13.8. The summed E-state index contributed by atoms with van der Waals surface area (Å²) >= 11 is 0. The molecule has 1 saturated heterocycles. The molecule has 6 nitrogen and oxygen atoms in total. The molecule has 1 aromatic carbocycles. The molecule has 0 bridgehead atoms. The number of hydrogen-bond acceptors (Lipinski definition) is 6. The minimum Gasteiger partial charge on any atom is -0.461 e. The lowest BCUT2D eigenvalue weighted by molar-refractivity contribution is -0.144. The van der Waals surface area contributed by atoms with Gasteiger partial charge < -0.3 is 14.7 Å². The highest BCUT2D eigenvalue weighted by Crippen LogP contribution is 2.17. The maximum Gasteiger partial charge on any atom is 0.312 e. The first-order valence-electron chi connectivity index (χ1n) is 7.66. The SMILES string of the molecule is O=C(Cc1ccc(N2CCC(O)C2)nn1)OCc1ccccc1. The first-order valence-corrected chi connectivity index (χ1v) is 7.66. The van der Waals surface area contributed by atoms with Crippen molar-refractivity contribution in [3.8, 4) is 0 Å². The van der Waals surface area contributed by atoms with Crippen molar-refractivity contribution in [2.75, 3.05) is 18.0 Å². The maximum atomic E-state index is 11.8. The number of benzene rings is 1. The summed E-state index contributed by atoms with van der Waals surface area (Å²) in [6.45, 7) is 1.61. The molecule has 1 unspecified atom stereocenters. The van der Waals surface area contributed by atoms with Gasteiger partial charge in [0.15, 0.2) is 5.82 Å². The first kappa shape index (κ1) is 15.4. The van der Waals surface area contributed by atoms with Crippen molar-refractivity contribution in [3.63, 3.8) is 0 Å². The Balaban J connectivity index is 1.50. The van der Waals surface area contributed by atoms with Crippen LogP contribution in [0.4, 0.5) is 5.82 Å². The van der Waals surface area contributed by atoms with Crippen molar-refractivity contribution in [1.29, 1.82) is 0 Å². The number of nitrogens with zero attached hydrogens (tertiary/aromatic N) is 3. The molecule has 1 aliphatic heterocycles. The van der Waals surface area contributed by atoms with Crippen molar-refractivity contribution < 1.29 is 14.6 Å². The maximum absolute atomic E-state index is 11.8. The van der Waals surface area contributed by atoms with Crippen LogP contribution in [-0.4, -0.2) is 40.5 Å². The molecule has 1 atom stereocenters. The highest BCUT2D eigenvalue weighted by molar-refractivity contribution is 5.72. The standard InChI is InChI=1S/C17H19N3O3/c21-15-8-9-20(11-15)16-7-6-14(18-19-16)10-17(22)23-12-13-4-2-1-3-5-13/h1-7,15,21H,8-12H2. The van der Waals surface area contributed by atoms with Crippen LogP contribution in [0.3, 0.4) is 0 Å². The van der Waals surface area contributed by atoms with E-state index in [4.69, 9.17) is 4.74 Å². The summed E-state index contributed by atoms with van der Waals surface area (Å²) in [5.74, 6) is 0.399. The van der Waals surface area contributed by atoms with E-state index in [2.05, 4.69) is 10.2 Å². The summed E-state index contributed by atoms with van der Waals surface area (Å²) in [5, 5.41) is 17.7. The van der Waals surface area contributed by atoms with E-state index in [1.165, 1.54) is 0 Å². The third kappa shape index (κ3) is 4.26. The van der Waals surface area contributed by atoms with Crippen LogP contribution >= 0.6 is 0 Å². The van der Waals surface area contributed by atoms with Crippen LogP contribution < -0.4 is 4.90 Å². The number of anilines is 1. The average Bonchev–Trinajstić information content (AvgIpc) is 3.01. The molecule has 1 N–H and O–H groups in total. The Bertz CT molecular complexity index is 646. The first-order chi connectivity index (χ1) is 11.2. The fourth-order valence-electron chi connectivity index (χ4n) is 2.50. The summed E-state index contributed by atoms with van der Waals surface area (Å²) in [6.07, 6.45) is 0.544. The second-order valence-corrected chi connectivity index (χ2v) is 5.59. The Labute approximate surface area is 134 Å². The highest BCUT2D eigenvalue weighted by Gasteiger charge is 2.21. The number of rotatable bonds is 5. The summed E-state index contributed by atoms with van der Waals surface area (Å²) in [6, 6.07) is 13.1. The van der Waals surface area contributed by atoms with Crippen LogP contribution in [0.15, 0.2) is 42.5 Å². The van der Waals surface area contributed by atoms with Gasteiger partial charge >= 0.3 is 5.97 Å². The predicted octanol–water partition coefficient (Wildman–Crippen LogP) is 1.33. The van der Waals surface area contributed by atoms with E-state index >= 15 is 0 Å². The molecule has 2 heterocycles. The highest BCUT2D eigenvalue weighted by atomic mass is 16.5. The van der Waals surface area contributed by atoms with Crippen LogP contribution in [-0.2, 0) is 22.6 Å². The third-order valence-corrected chi connectivity index (χ3v) is 3.76. The molecule has 120 valence electrons. The van der Waals surface area contributed by atoms with Crippen molar-refractivity contribution in [1.82, 2.24) is 10.2 Å². The van der Waals surface area contributed by atoms with E-state index < -0.39 is 0 Å². The number of carbonyl (C=O) groups is 1. The summed E-state index contributed by atoms with van der Waals surface area (Å²) in [5.41, 5.74) is 1.53. The molecule has 2 aromatic rings. The fraction of sp³-hybridized carbons (Fsp3) is 0.353. The van der Waals surface area contributed by atoms with Gasteiger partial charge in [-0.05, 0) is 24.1 Å². The van der Waals surface area contributed by atoms with Gasteiger partial charge in [-0.15, -0.1) is 5.10 Å². The van der Waals surface area contributed by atoms with Crippen molar-refractivity contribution in [3.05, 3.63) is 53.7 Å². The molecule has 0 aliphatic carbocycles. The number of aliphatic hydroxyl groups is 1. The van der Waals surface area contributed by atoms with Gasteiger partial charge in [-0.25, -0.2) is 0 Å². The Morgan fingerprint density at radius 2 is 2.04 bits per heavy atom. The van der Waals surface area contributed by atoms with Crippen LogP contribution in [0.25, 0.3) is 0 Å². The fourth-order valence-corrected chi connectivity index (χ4v) is 2.50. The molecule has 0 radical (unpaired) electrons. The number of ether oxygens (including phenoxy) is 1. The number of carbonyl (C=O) groups excluding carboxylic acids is 1. The smallest absolute Gasteiger partial charge is 0.312 e. The van der Waals surface area contributed by atoms with Crippen molar-refractivity contribution >= 4 is 11.8 Å². The second kappa shape index (κ2) is 7.19. The average molecular weight is 313 g/mol. The van der Waals surface area contributed by atoms with E-state index in [0.717, 1.165) is 24.3 Å². The Morgan fingerprint density at radius 1 is 1.22 bits per heavy atom. The zero-order chi connectivity index (χ0) is 16.1. The zero-order valence-electron chi connectivity index (χ0n) is 12.8. The summed E-state index contributed by atoms with van der Waals surface area (Å²) < 4.78 is 5.23. The van der Waals surface area contributed by atoms with E-state index in [1.54, 1.807) is 6.07 Å². The van der Waals surface area contributed by atoms with Gasteiger partial charge in [0.1, 0.15) is 6.61 Å². The Morgan fingerprint density at radius 3 is 2.70 bits per heavy atom. The zero-order valence-corrected chi connectivity index (χ0v) is 12.8. The normalized spacial score (nSPS) is 17.3. The molecule has 1 fully saturated rings. The number of aromatic nitrogens is 2. The topological polar surface area (TPSA) is 75.6 Å². The number of hydrogen-bond donors (Lipinski definition) is 1. The van der Waals surface area contributed by atoms with Gasteiger partial charge in [0, 0.05) is 13.1 Å². The van der Waals surface area contributed by atoms with Crippen LogP contribution in [0.5, 0.6) is 0 Å². The molecule has 3 rings (SSSR count). The second-order valence-electron chi connectivity index (χ2n) is 5.59. The molecular formula is C17H19N3O3. The molecular weight excluding hydrogens is 294 g/mol. The quantitative estimate of drug-likeness (QED) is 0.840. The largest absolute Gasteiger partial charge is 0.461 e. The van der Waals surface area contributed by atoms with Gasteiger partial charge in [-0.3, -0.25) is 4.79 Å². The molecule has 1 aliphatic rings. The van der Waals surface area contributed by atoms with Gasteiger partial charge in [-0.1, -0.05) is 30.3 Å². The van der Waals surface area contributed by atoms with Crippen LogP contribution in [0, 0.1) is 0 Å². The summed E-state index contributed by atoms with van der Waals surface area (Å²) in [7, 11) is 0. The molecule has 0 saturated carbocycles. The Kier molecular flexibility index (Phi) is 4.83. The van der Waals surface area contributed by atoms with Crippen LogP contribution in [0.2, 0.25) is 0 Å². The van der Waals surface area contributed by atoms with Crippen molar-refractivity contribution in [2.45, 2.75) is 25.6 Å². The molecule has 0 spiro atoms. The van der Waals surface area contributed by atoms with Gasteiger partial charge in [0.25, 0.3) is 0 Å². The minimum absolute atomic E-state index is 0.0999. The monoisotopic (exact) mass is 313 g/mol. The Hall–Kier alpha value is -2.47. The minimum atomic E-state index is -0.326. The van der Waals surface area contributed by atoms with Gasteiger partial charge in [-0.2, -0.15) is 5.10 Å². The number of aliphatic hydroxyl groups excluding tert-OH is 1.